The minimum atomic E-state index is -3.07. The predicted molar refractivity (Wildman–Crippen MR) is 86.9 cm³/mol. The molecule has 0 aromatic carbocycles. The average molecular weight is 320 g/mol. The minimum absolute atomic E-state index is 0.205. The quantitative estimate of drug-likeness (QED) is 0.741. The number of piperidine rings is 1. The Hall–Kier alpha value is -0.170. The van der Waals surface area contributed by atoms with Gasteiger partial charge in [0.05, 0.1) is 11.9 Å². The van der Waals surface area contributed by atoms with Crippen LogP contribution in [0.3, 0.4) is 0 Å². The Labute approximate surface area is 130 Å². The van der Waals surface area contributed by atoms with Gasteiger partial charge in [-0.1, -0.05) is 13.8 Å². The molecule has 0 spiro atoms. The van der Waals surface area contributed by atoms with Crippen molar-refractivity contribution in [2.24, 2.45) is 5.92 Å². The van der Waals surface area contributed by atoms with Gasteiger partial charge in [-0.3, -0.25) is 0 Å². The highest BCUT2D eigenvalue weighted by atomic mass is 32.2. The van der Waals surface area contributed by atoms with E-state index in [1.165, 1.54) is 6.26 Å². The van der Waals surface area contributed by atoms with Crippen molar-refractivity contribution in [2.45, 2.75) is 58.1 Å². The molecule has 1 heterocycles. The first-order chi connectivity index (χ1) is 9.76. The zero-order valence-corrected chi connectivity index (χ0v) is 15.0. The lowest BCUT2D eigenvalue weighted by Gasteiger charge is -2.40. The van der Waals surface area contributed by atoms with Crippen molar-refractivity contribution in [3.05, 3.63) is 0 Å². The normalized spacial score (nSPS) is 25.5. The predicted octanol–water partition coefficient (Wildman–Crippen LogP) is 1.84. The third-order valence-electron chi connectivity index (χ3n) is 4.88. The highest BCUT2D eigenvalue weighted by Crippen LogP contribution is 2.29. The molecule has 3 atom stereocenters. The zero-order valence-electron chi connectivity index (χ0n) is 14.2. The van der Waals surface area contributed by atoms with E-state index in [2.05, 4.69) is 26.1 Å². The third-order valence-corrected chi connectivity index (χ3v) is 6.15. The number of ether oxygens (including phenoxy) is 1. The van der Waals surface area contributed by atoms with Crippen molar-refractivity contribution in [3.8, 4) is 0 Å². The van der Waals surface area contributed by atoms with E-state index in [9.17, 15) is 8.42 Å². The van der Waals surface area contributed by atoms with E-state index in [0.29, 0.717) is 19.0 Å². The van der Waals surface area contributed by atoms with Crippen LogP contribution >= 0.6 is 0 Å². The van der Waals surface area contributed by atoms with Gasteiger partial charge in [-0.15, -0.1) is 0 Å². The van der Waals surface area contributed by atoms with Gasteiger partial charge >= 0.3 is 0 Å². The highest BCUT2D eigenvalue weighted by molar-refractivity contribution is 7.88. The summed E-state index contributed by atoms with van der Waals surface area (Å²) in [6.07, 6.45) is 5.24. The number of nitrogens with zero attached hydrogens (tertiary/aromatic N) is 1. The molecule has 0 aromatic rings. The maximum atomic E-state index is 11.7. The number of rotatable bonds is 8. The van der Waals surface area contributed by atoms with Crippen molar-refractivity contribution >= 4 is 10.0 Å². The molecule has 1 aliphatic heterocycles. The summed E-state index contributed by atoms with van der Waals surface area (Å²) in [6, 6.07) is 0.252. The average Bonchev–Trinajstić information content (AvgIpc) is 2.45. The third kappa shape index (κ3) is 5.20. The van der Waals surface area contributed by atoms with Crippen molar-refractivity contribution < 1.29 is 13.2 Å². The number of nitrogens with one attached hydrogen (secondary N) is 1. The Morgan fingerprint density at radius 2 is 2.10 bits per heavy atom. The molecule has 1 N–H and O–H groups in total. The first-order valence-corrected chi connectivity index (χ1v) is 9.85. The standard InChI is InChI=1S/C15H32N2O3S/c1-6-15(3,20-4)14(16-7-2)11-13-9-8-10-17(12-13)21(5,18)19/h13-14,16H,6-12H2,1-5H3. The second-order valence-electron chi connectivity index (χ2n) is 6.35. The molecule has 0 bridgehead atoms. The van der Waals surface area contributed by atoms with Gasteiger partial charge in [0.1, 0.15) is 0 Å². The van der Waals surface area contributed by atoms with Crippen LogP contribution in [0.4, 0.5) is 0 Å². The summed E-state index contributed by atoms with van der Waals surface area (Å²) in [6.45, 7) is 8.57. The number of sulfonamides is 1. The molecule has 0 aromatic heterocycles. The van der Waals surface area contributed by atoms with Gasteiger partial charge in [0.2, 0.25) is 10.0 Å². The maximum absolute atomic E-state index is 11.7. The van der Waals surface area contributed by atoms with E-state index in [-0.39, 0.29) is 11.6 Å². The van der Waals surface area contributed by atoms with Crippen LogP contribution in [0.1, 0.15) is 46.5 Å². The van der Waals surface area contributed by atoms with Crippen LogP contribution in [0.2, 0.25) is 0 Å². The molecule has 126 valence electrons. The Balaban J connectivity index is 2.75. The van der Waals surface area contributed by atoms with E-state index in [1.807, 2.05) is 0 Å². The van der Waals surface area contributed by atoms with Crippen LogP contribution in [0, 0.1) is 5.92 Å². The smallest absolute Gasteiger partial charge is 0.211 e. The molecule has 6 heteroatoms. The molecule has 1 aliphatic rings. The first kappa shape index (κ1) is 18.9. The fourth-order valence-corrected chi connectivity index (χ4v) is 4.12. The van der Waals surface area contributed by atoms with Gasteiger partial charge in [0.15, 0.2) is 0 Å². The fourth-order valence-electron chi connectivity index (χ4n) is 3.18. The van der Waals surface area contributed by atoms with E-state index in [4.69, 9.17) is 4.74 Å². The van der Waals surface area contributed by atoms with Crippen molar-refractivity contribution in [3.63, 3.8) is 0 Å². The van der Waals surface area contributed by atoms with Crippen LogP contribution in [0.25, 0.3) is 0 Å². The van der Waals surface area contributed by atoms with Crippen LogP contribution in [-0.2, 0) is 14.8 Å². The molecule has 21 heavy (non-hydrogen) atoms. The Morgan fingerprint density at radius 1 is 1.43 bits per heavy atom. The lowest BCUT2D eigenvalue weighted by molar-refractivity contribution is -0.0363. The van der Waals surface area contributed by atoms with Crippen LogP contribution in [0.5, 0.6) is 0 Å². The number of hydrogen-bond acceptors (Lipinski definition) is 4. The van der Waals surface area contributed by atoms with E-state index >= 15 is 0 Å². The summed E-state index contributed by atoms with van der Waals surface area (Å²) in [5.74, 6) is 0.401. The van der Waals surface area contributed by atoms with Crippen molar-refractivity contribution in [1.82, 2.24) is 9.62 Å². The molecule has 3 unspecified atom stereocenters. The second-order valence-corrected chi connectivity index (χ2v) is 8.33. The number of methoxy groups -OCH3 is 1. The van der Waals surface area contributed by atoms with Gasteiger partial charge in [0.25, 0.3) is 0 Å². The van der Waals surface area contributed by atoms with Gasteiger partial charge < -0.3 is 10.1 Å². The maximum Gasteiger partial charge on any atom is 0.211 e. The number of likely N-dealkylation sites (N-methyl/N-ethyl adjacent to an activating group) is 1. The van der Waals surface area contributed by atoms with E-state index in [1.54, 1.807) is 11.4 Å². The van der Waals surface area contributed by atoms with Crippen LogP contribution in [0.15, 0.2) is 0 Å². The summed E-state index contributed by atoms with van der Waals surface area (Å²) in [7, 11) is -1.31. The summed E-state index contributed by atoms with van der Waals surface area (Å²) in [4.78, 5) is 0. The molecule has 0 radical (unpaired) electrons. The zero-order chi connectivity index (χ0) is 16.1. The van der Waals surface area contributed by atoms with Gasteiger partial charge in [-0.05, 0) is 45.1 Å². The molecule has 0 amide bonds. The molecular formula is C15H32N2O3S. The lowest BCUT2D eigenvalue weighted by Crippen LogP contribution is -2.52. The minimum Gasteiger partial charge on any atom is -0.377 e. The second kappa shape index (κ2) is 7.90. The Bertz CT molecular complexity index is 407. The molecule has 1 fully saturated rings. The summed E-state index contributed by atoms with van der Waals surface area (Å²) in [5, 5.41) is 3.53. The summed E-state index contributed by atoms with van der Waals surface area (Å²) >= 11 is 0. The van der Waals surface area contributed by atoms with Crippen LogP contribution in [-0.4, -0.2) is 57.4 Å². The first-order valence-electron chi connectivity index (χ1n) is 8.00. The van der Waals surface area contributed by atoms with Gasteiger partial charge in [-0.25, -0.2) is 12.7 Å². The molecule has 0 aliphatic carbocycles. The molecule has 5 nitrogen and oxygen atoms in total. The monoisotopic (exact) mass is 320 g/mol. The largest absolute Gasteiger partial charge is 0.377 e. The summed E-state index contributed by atoms with van der Waals surface area (Å²) < 4.78 is 30.8. The van der Waals surface area contributed by atoms with Crippen molar-refractivity contribution in [1.29, 1.82) is 0 Å². The highest BCUT2D eigenvalue weighted by Gasteiger charge is 2.35. The number of hydrogen-bond donors (Lipinski definition) is 1. The van der Waals surface area contributed by atoms with E-state index in [0.717, 1.165) is 32.2 Å². The van der Waals surface area contributed by atoms with Crippen LogP contribution < -0.4 is 5.32 Å². The Kier molecular flexibility index (Phi) is 7.10. The lowest BCUT2D eigenvalue weighted by atomic mass is 9.83. The van der Waals surface area contributed by atoms with Gasteiger partial charge in [-0.2, -0.15) is 0 Å². The SMILES string of the molecule is CCNC(CC1CCCN(S(C)(=O)=O)C1)C(C)(CC)OC. The fraction of sp³-hybridized carbons (Fsp3) is 1.00. The molecule has 1 rings (SSSR count). The molecule has 1 saturated heterocycles. The Morgan fingerprint density at radius 3 is 2.57 bits per heavy atom. The van der Waals surface area contributed by atoms with Crippen molar-refractivity contribution in [2.75, 3.05) is 33.0 Å². The topological polar surface area (TPSA) is 58.6 Å². The van der Waals surface area contributed by atoms with E-state index < -0.39 is 10.0 Å². The molecular weight excluding hydrogens is 288 g/mol. The summed E-state index contributed by atoms with van der Waals surface area (Å²) in [5.41, 5.74) is -0.205. The van der Waals surface area contributed by atoms with Gasteiger partial charge in [0, 0.05) is 26.2 Å². The molecule has 0 saturated carbocycles.